The highest BCUT2D eigenvalue weighted by molar-refractivity contribution is 6.10. The highest BCUT2D eigenvalue weighted by atomic mass is 16.5. The Labute approximate surface area is 165 Å². The number of para-hydroxylation sites is 1. The van der Waals surface area contributed by atoms with Gasteiger partial charge in [-0.2, -0.15) is 0 Å². The predicted molar refractivity (Wildman–Crippen MR) is 109 cm³/mol. The summed E-state index contributed by atoms with van der Waals surface area (Å²) < 4.78 is 11.3. The van der Waals surface area contributed by atoms with Crippen molar-refractivity contribution in [2.75, 3.05) is 5.32 Å². The van der Waals surface area contributed by atoms with Gasteiger partial charge in [0, 0.05) is 17.3 Å². The molecule has 0 aliphatic carbocycles. The van der Waals surface area contributed by atoms with E-state index in [4.69, 9.17) is 9.15 Å². The van der Waals surface area contributed by atoms with Gasteiger partial charge in [-0.3, -0.25) is 14.4 Å². The molecule has 0 saturated carbocycles. The molecule has 1 heterocycles. The average Bonchev–Trinajstić information content (AvgIpc) is 2.75. The minimum Gasteiger partial charge on any atom is -0.463 e. The topological polar surface area (TPSA) is 85.6 Å². The maximum Gasteiger partial charge on any atom is 0.211 e. The van der Waals surface area contributed by atoms with Gasteiger partial charge < -0.3 is 14.5 Å². The summed E-state index contributed by atoms with van der Waals surface area (Å²) >= 11 is 0. The van der Waals surface area contributed by atoms with E-state index < -0.39 is 11.2 Å². The van der Waals surface area contributed by atoms with Crippen molar-refractivity contribution in [1.82, 2.24) is 0 Å². The summed E-state index contributed by atoms with van der Waals surface area (Å²) in [6, 6.07) is 20.4. The summed E-state index contributed by atoms with van der Waals surface area (Å²) in [6.45, 7) is 0. The SMILES string of the molecule is O=CNc1cccc(C(=O)c2coc3cc(Oc4ccccc4)ccc3c2=O)c1. The second kappa shape index (κ2) is 7.82. The first kappa shape index (κ1) is 18.2. The molecule has 142 valence electrons. The van der Waals surface area contributed by atoms with Crippen LogP contribution < -0.4 is 15.5 Å². The predicted octanol–water partition coefficient (Wildman–Crippen LogP) is 4.38. The van der Waals surface area contributed by atoms with Gasteiger partial charge in [0.1, 0.15) is 28.9 Å². The van der Waals surface area contributed by atoms with E-state index in [2.05, 4.69) is 5.32 Å². The highest BCUT2D eigenvalue weighted by Gasteiger charge is 2.17. The maximum atomic E-state index is 12.8. The van der Waals surface area contributed by atoms with Gasteiger partial charge >= 0.3 is 0 Å². The lowest BCUT2D eigenvalue weighted by atomic mass is 10.0. The highest BCUT2D eigenvalue weighted by Crippen LogP contribution is 2.25. The van der Waals surface area contributed by atoms with Crippen molar-refractivity contribution in [3.63, 3.8) is 0 Å². The van der Waals surface area contributed by atoms with E-state index in [0.29, 0.717) is 29.2 Å². The van der Waals surface area contributed by atoms with Crippen LogP contribution >= 0.6 is 0 Å². The molecule has 4 aromatic rings. The molecule has 1 amide bonds. The molecule has 3 aromatic carbocycles. The van der Waals surface area contributed by atoms with E-state index in [0.717, 1.165) is 6.26 Å². The first-order valence-electron chi connectivity index (χ1n) is 8.79. The second-order valence-electron chi connectivity index (χ2n) is 6.22. The molecule has 6 nitrogen and oxygen atoms in total. The lowest BCUT2D eigenvalue weighted by Crippen LogP contribution is -2.15. The Morgan fingerprint density at radius 1 is 0.931 bits per heavy atom. The fourth-order valence-electron chi connectivity index (χ4n) is 2.93. The molecule has 1 aromatic heterocycles. The van der Waals surface area contributed by atoms with E-state index in [1.165, 1.54) is 6.07 Å². The van der Waals surface area contributed by atoms with Crippen molar-refractivity contribution in [2.24, 2.45) is 0 Å². The summed E-state index contributed by atoms with van der Waals surface area (Å²) in [5, 5.41) is 2.75. The number of carbonyl (C=O) groups is 2. The number of amides is 1. The number of carbonyl (C=O) groups excluding carboxylic acids is 2. The second-order valence-corrected chi connectivity index (χ2v) is 6.22. The standard InChI is InChI=1S/C23H15NO5/c25-14-24-16-6-4-5-15(11-16)22(26)20-13-28-21-12-18(9-10-19(21)23(20)27)29-17-7-2-1-3-8-17/h1-14H,(H,24,25). The molecule has 0 fully saturated rings. The number of ether oxygens (including phenoxy) is 1. The first-order chi connectivity index (χ1) is 14.2. The minimum atomic E-state index is -0.486. The third kappa shape index (κ3) is 3.77. The van der Waals surface area contributed by atoms with Crippen LogP contribution in [0.2, 0.25) is 0 Å². The number of anilines is 1. The Morgan fingerprint density at radius 3 is 2.55 bits per heavy atom. The normalized spacial score (nSPS) is 10.5. The molecule has 0 bridgehead atoms. The summed E-state index contributed by atoms with van der Waals surface area (Å²) in [6.07, 6.45) is 1.67. The molecule has 0 spiro atoms. The smallest absolute Gasteiger partial charge is 0.211 e. The van der Waals surface area contributed by atoms with Gasteiger partial charge in [-0.15, -0.1) is 0 Å². The van der Waals surface area contributed by atoms with Crippen LogP contribution in [-0.2, 0) is 4.79 Å². The van der Waals surface area contributed by atoms with Crippen LogP contribution in [0.1, 0.15) is 15.9 Å². The molecule has 29 heavy (non-hydrogen) atoms. The first-order valence-corrected chi connectivity index (χ1v) is 8.79. The van der Waals surface area contributed by atoms with Crippen LogP contribution in [0, 0.1) is 0 Å². The van der Waals surface area contributed by atoms with Crippen molar-refractivity contribution in [1.29, 1.82) is 0 Å². The molecule has 1 N–H and O–H groups in total. The van der Waals surface area contributed by atoms with Crippen LogP contribution in [0.25, 0.3) is 11.0 Å². The molecular formula is C23H15NO5. The molecule has 0 unspecified atom stereocenters. The van der Waals surface area contributed by atoms with E-state index in [1.54, 1.807) is 36.4 Å². The molecule has 4 rings (SSSR count). The molecule has 0 saturated heterocycles. The number of nitrogens with one attached hydrogen (secondary N) is 1. The van der Waals surface area contributed by atoms with Crippen molar-refractivity contribution in [2.45, 2.75) is 0 Å². The zero-order chi connectivity index (χ0) is 20.2. The quantitative estimate of drug-likeness (QED) is 0.393. The van der Waals surface area contributed by atoms with E-state index in [1.807, 2.05) is 30.3 Å². The third-order valence-electron chi connectivity index (χ3n) is 4.32. The number of hydrogen-bond donors (Lipinski definition) is 1. The Bertz CT molecular complexity index is 1260. The lowest BCUT2D eigenvalue weighted by molar-refractivity contribution is -0.105. The van der Waals surface area contributed by atoms with Gasteiger partial charge in [-0.1, -0.05) is 30.3 Å². The van der Waals surface area contributed by atoms with Crippen LogP contribution in [0.3, 0.4) is 0 Å². The lowest BCUT2D eigenvalue weighted by Gasteiger charge is -2.07. The average molecular weight is 385 g/mol. The Balaban J connectivity index is 1.68. The Morgan fingerprint density at radius 2 is 1.76 bits per heavy atom. The fourth-order valence-corrected chi connectivity index (χ4v) is 2.93. The zero-order valence-corrected chi connectivity index (χ0v) is 15.1. The van der Waals surface area contributed by atoms with Crippen molar-refractivity contribution < 1.29 is 18.7 Å². The van der Waals surface area contributed by atoms with Gasteiger partial charge in [0.25, 0.3) is 0 Å². The molecular weight excluding hydrogens is 370 g/mol. The third-order valence-corrected chi connectivity index (χ3v) is 4.32. The number of benzene rings is 3. The largest absolute Gasteiger partial charge is 0.463 e. The summed E-state index contributed by atoms with van der Waals surface area (Å²) in [4.78, 5) is 36.2. The van der Waals surface area contributed by atoms with Crippen LogP contribution in [-0.4, -0.2) is 12.2 Å². The molecule has 0 radical (unpaired) electrons. The molecule has 0 aliphatic heterocycles. The maximum absolute atomic E-state index is 12.8. The van der Waals surface area contributed by atoms with Crippen LogP contribution in [0.15, 0.2) is 88.3 Å². The number of rotatable bonds is 6. The summed E-state index contributed by atoms with van der Waals surface area (Å²) in [5.74, 6) is 0.684. The van der Waals surface area contributed by atoms with Gasteiger partial charge in [0.05, 0.1) is 5.39 Å². The Hall–Kier alpha value is -4.19. The van der Waals surface area contributed by atoms with Crippen LogP contribution in [0.4, 0.5) is 5.69 Å². The van der Waals surface area contributed by atoms with Crippen LogP contribution in [0.5, 0.6) is 11.5 Å². The van der Waals surface area contributed by atoms with E-state index in [-0.39, 0.29) is 16.5 Å². The van der Waals surface area contributed by atoms with E-state index in [9.17, 15) is 14.4 Å². The summed E-state index contributed by atoms with van der Waals surface area (Å²) in [7, 11) is 0. The van der Waals surface area contributed by atoms with Crippen molar-refractivity contribution in [3.05, 3.63) is 100 Å². The fraction of sp³-hybridized carbons (Fsp3) is 0. The minimum absolute atomic E-state index is 0.0857. The molecule has 0 atom stereocenters. The number of ketones is 1. The van der Waals surface area contributed by atoms with Crippen molar-refractivity contribution >= 4 is 28.8 Å². The van der Waals surface area contributed by atoms with Gasteiger partial charge in [-0.05, 0) is 36.4 Å². The zero-order valence-electron chi connectivity index (χ0n) is 15.1. The molecule has 0 aliphatic rings. The van der Waals surface area contributed by atoms with Gasteiger partial charge in [0.15, 0.2) is 5.78 Å². The van der Waals surface area contributed by atoms with Gasteiger partial charge in [0.2, 0.25) is 11.8 Å². The van der Waals surface area contributed by atoms with Crippen molar-refractivity contribution in [3.8, 4) is 11.5 Å². The monoisotopic (exact) mass is 385 g/mol. The summed E-state index contributed by atoms with van der Waals surface area (Å²) in [5.41, 5.74) is 0.524. The Kier molecular flexibility index (Phi) is 4.90. The van der Waals surface area contributed by atoms with Gasteiger partial charge in [-0.25, -0.2) is 0 Å². The number of hydrogen-bond acceptors (Lipinski definition) is 5. The number of fused-ring (bicyclic) bond motifs is 1. The van der Waals surface area contributed by atoms with E-state index >= 15 is 0 Å². The molecule has 6 heteroatoms.